The van der Waals surface area contributed by atoms with Crippen LogP contribution in [0.25, 0.3) is 5.69 Å². The number of hydrogen-bond acceptors (Lipinski definition) is 6. The van der Waals surface area contributed by atoms with Crippen molar-refractivity contribution in [1.82, 2.24) is 9.99 Å². The molecule has 0 aliphatic carbocycles. The van der Waals surface area contributed by atoms with Crippen LogP contribution in [0.15, 0.2) is 98.2 Å². The fourth-order valence-corrected chi connectivity index (χ4v) is 6.55. The third kappa shape index (κ3) is 7.22. The Labute approximate surface area is 253 Å². The Morgan fingerprint density at radius 1 is 1.07 bits per heavy atom. The van der Waals surface area contributed by atoms with E-state index in [9.17, 15) is 13.2 Å². The predicted molar refractivity (Wildman–Crippen MR) is 169 cm³/mol. The fourth-order valence-electron chi connectivity index (χ4n) is 4.34. The molecule has 0 aliphatic heterocycles. The largest absolute Gasteiger partial charge is 0.494 e. The lowest BCUT2D eigenvalue weighted by Gasteiger charge is -2.24. The van der Waals surface area contributed by atoms with Crippen molar-refractivity contribution >= 4 is 55.5 Å². The molecule has 8 nitrogen and oxygen atoms in total. The van der Waals surface area contributed by atoms with Gasteiger partial charge in [-0.3, -0.25) is 9.10 Å². The zero-order valence-electron chi connectivity index (χ0n) is 23.2. The molecule has 0 fully saturated rings. The molecule has 1 N–H and O–H groups in total. The zero-order valence-corrected chi connectivity index (χ0v) is 26.4. The average molecular weight is 656 g/mol. The molecule has 0 spiro atoms. The first-order chi connectivity index (χ1) is 19.6. The highest BCUT2D eigenvalue weighted by atomic mass is 79.9. The molecule has 1 aromatic heterocycles. The highest BCUT2D eigenvalue weighted by Gasteiger charge is 2.27. The van der Waals surface area contributed by atoms with Crippen LogP contribution in [0.2, 0.25) is 0 Å². The Hall–Kier alpha value is -3.54. The van der Waals surface area contributed by atoms with Gasteiger partial charge in [0, 0.05) is 32.0 Å². The normalized spacial score (nSPS) is 11.5. The fraction of sp³-hybridized carbons (Fsp3) is 0.200. The number of hydrogen-bond donors (Lipinski definition) is 1. The van der Waals surface area contributed by atoms with E-state index in [4.69, 9.17) is 4.74 Å². The van der Waals surface area contributed by atoms with Crippen molar-refractivity contribution < 1.29 is 17.9 Å². The number of benzene rings is 3. The van der Waals surface area contributed by atoms with Crippen LogP contribution in [0, 0.1) is 13.8 Å². The van der Waals surface area contributed by atoms with E-state index in [2.05, 4.69) is 31.0 Å². The third-order valence-electron chi connectivity index (χ3n) is 6.30. The SMILES string of the molecule is CCOc1ccc(N(CC(=O)N/N=C\c2cc(C)n(-c3cccc(Br)c3)c2C)S(=O)(=O)c2ccc(SC)cc2)cc1. The molecule has 0 bridgehead atoms. The molecule has 0 atom stereocenters. The highest BCUT2D eigenvalue weighted by molar-refractivity contribution is 9.10. The van der Waals surface area contributed by atoms with Crippen molar-refractivity contribution in [1.29, 1.82) is 0 Å². The number of carbonyl (C=O) groups excluding carboxylic acids is 1. The lowest BCUT2D eigenvalue weighted by atomic mass is 10.2. The molecule has 0 aliphatic rings. The topological polar surface area (TPSA) is 93.0 Å². The summed E-state index contributed by atoms with van der Waals surface area (Å²) >= 11 is 5.03. The molecule has 214 valence electrons. The number of ether oxygens (including phenoxy) is 1. The number of amides is 1. The molecule has 41 heavy (non-hydrogen) atoms. The maximum atomic E-state index is 13.7. The molecule has 1 heterocycles. The first-order valence-corrected chi connectivity index (χ1v) is 16.3. The van der Waals surface area contributed by atoms with Gasteiger partial charge in [0.25, 0.3) is 15.9 Å². The van der Waals surface area contributed by atoms with Crippen LogP contribution in [0.5, 0.6) is 5.75 Å². The Morgan fingerprint density at radius 2 is 1.78 bits per heavy atom. The number of nitrogens with zero attached hydrogens (tertiary/aromatic N) is 3. The highest BCUT2D eigenvalue weighted by Crippen LogP contribution is 2.27. The molecule has 0 radical (unpaired) electrons. The van der Waals surface area contributed by atoms with Crippen molar-refractivity contribution in [2.75, 3.05) is 23.7 Å². The van der Waals surface area contributed by atoms with Gasteiger partial charge in [0.1, 0.15) is 12.3 Å². The minimum absolute atomic E-state index is 0.0838. The standard InChI is InChI=1S/C30H31BrN4O4S2/c1-5-39-27-11-9-25(10-12-27)34(41(37,38)29-15-13-28(40-4)14-16-29)20-30(36)33-32-19-23-17-21(2)35(22(23)3)26-8-6-7-24(31)18-26/h6-19H,5,20H2,1-4H3,(H,33,36)/b32-19-. The molecule has 4 aromatic rings. The van der Waals surface area contributed by atoms with Gasteiger partial charge in [0.15, 0.2) is 0 Å². The molecular formula is C30H31BrN4O4S2. The molecule has 11 heteroatoms. The first kappa shape index (κ1) is 30.4. The number of rotatable bonds is 11. The summed E-state index contributed by atoms with van der Waals surface area (Å²) in [6, 6.07) is 23.1. The summed E-state index contributed by atoms with van der Waals surface area (Å²) in [5.74, 6) is 0.0210. The van der Waals surface area contributed by atoms with E-state index in [0.717, 1.165) is 36.3 Å². The lowest BCUT2D eigenvalue weighted by molar-refractivity contribution is -0.119. The average Bonchev–Trinajstić information content (AvgIpc) is 3.24. The van der Waals surface area contributed by atoms with Crippen molar-refractivity contribution in [3.63, 3.8) is 0 Å². The van der Waals surface area contributed by atoms with Crippen molar-refractivity contribution in [3.8, 4) is 11.4 Å². The van der Waals surface area contributed by atoms with Gasteiger partial charge in [-0.1, -0.05) is 22.0 Å². The van der Waals surface area contributed by atoms with E-state index in [1.54, 1.807) is 54.7 Å². The molecule has 0 saturated heterocycles. The van der Waals surface area contributed by atoms with Crippen molar-refractivity contribution in [2.24, 2.45) is 5.10 Å². The summed E-state index contributed by atoms with van der Waals surface area (Å²) in [5, 5.41) is 4.14. The van der Waals surface area contributed by atoms with Gasteiger partial charge in [-0.25, -0.2) is 13.8 Å². The molecular weight excluding hydrogens is 624 g/mol. The van der Waals surface area contributed by atoms with E-state index in [0.29, 0.717) is 18.0 Å². The van der Waals surface area contributed by atoms with E-state index < -0.39 is 22.5 Å². The second-order valence-corrected chi connectivity index (χ2v) is 12.7. The smallest absolute Gasteiger partial charge is 0.264 e. The number of aromatic nitrogens is 1. The van der Waals surface area contributed by atoms with Crippen LogP contribution >= 0.6 is 27.7 Å². The number of anilines is 1. The van der Waals surface area contributed by atoms with Crippen LogP contribution in [-0.4, -0.2) is 44.5 Å². The summed E-state index contributed by atoms with van der Waals surface area (Å²) in [6.45, 7) is 5.85. The van der Waals surface area contributed by atoms with Crippen molar-refractivity contribution in [2.45, 2.75) is 30.6 Å². The van der Waals surface area contributed by atoms with E-state index in [-0.39, 0.29) is 4.90 Å². The Balaban J connectivity index is 1.56. The minimum atomic E-state index is -4.06. The van der Waals surface area contributed by atoms with Crippen LogP contribution in [-0.2, 0) is 14.8 Å². The quantitative estimate of drug-likeness (QED) is 0.116. The Bertz CT molecular complexity index is 1650. The molecule has 4 rings (SSSR count). The maximum absolute atomic E-state index is 13.7. The molecule has 0 unspecified atom stereocenters. The molecule has 3 aromatic carbocycles. The first-order valence-electron chi connectivity index (χ1n) is 12.8. The summed E-state index contributed by atoms with van der Waals surface area (Å²) in [4.78, 5) is 14.0. The Kier molecular flexibility index (Phi) is 9.95. The molecule has 0 saturated carbocycles. The number of halogens is 1. The van der Waals surface area contributed by atoms with Gasteiger partial charge in [0.05, 0.1) is 23.4 Å². The monoisotopic (exact) mass is 654 g/mol. The number of carbonyl (C=O) groups is 1. The van der Waals surface area contributed by atoms with Crippen LogP contribution < -0.4 is 14.5 Å². The van der Waals surface area contributed by atoms with Gasteiger partial charge in [-0.05, 0) is 99.8 Å². The van der Waals surface area contributed by atoms with Crippen molar-refractivity contribution in [3.05, 3.63) is 100 Å². The maximum Gasteiger partial charge on any atom is 0.264 e. The number of nitrogens with one attached hydrogen (secondary N) is 1. The van der Waals surface area contributed by atoms with Gasteiger partial charge in [0.2, 0.25) is 0 Å². The minimum Gasteiger partial charge on any atom is -0.494 e. The van der Waals surface area contributed by atoms with Crippen LogP contribution in [0.4, 0.5) is 5.69 Å². The second kappa shape index (κ2) is 13.4. The van der Waals surface area contributed by atoms with Crippen LogP contribution in [0.3, 0.4) is 0 Å². The van der Waals surface area contributed by atoms with Gasteiger partial charge in [-0.15, -0.1) is 11.8 Å². The molecule has 1 amide bonds. The Morgan fingerprint density at radius 3 is 2.41 bits per heavy atom. The zero-order chi connectivity index (χ0) is 29.6. The predicted octanol–water partition coefficient (Wildman–Crippen LogP) is 6.32. The van der Waals surface area contributed by atoms with E-state index >= 15 is 0 Å². The van der Waals surface area contributed by atoms with Crippen LogP contribution in [0.1, 0.15) is 23.9 Å². The number of thioether (sulfide) groups is 1. The van der Waals surface area contributed by atoms with Gasteiger partial charge >= 0.3 is 0 Å². The summed E-state index contributed by atoms with van der Waals surface area (Å²) in [7, 11) is -4.06. The number of aryl methyl sites for hydroxylation is 1. The summed E-state index contributed by atoms with van der Waals surface area (Å²) in [5.41, 5.74) is 6.61. The number of sulfonamides is 1. The number of hydrazone groups is 1. The van der Waals surface area contributed by atoms with Gasteiger partial charge < -0.3 is 9.30 Å². The summed E-state index contributed by atoms with van der Waals surface area (Å²) < 4.78 is 37.0. The van der Waals surface area contributed by atoms with E-state index in [1.165, 1.54) is 11.8 Å². The third-order valence-corrected chi connectivity index (χ3v) is 9.32. The second-order valence-electron chi connectivity index (χ2n) is 9.05. The van der Waals surface area contributed by atoms with Gasteiger partial charge in [-0.2, -0.15) is 5.10 Å². The lowest BCUT2D eigenvalue weighted by Crippen LogP contribution is -2.39. The van der Waals surface area contributed by atoms with E-state index in [1.807, 2.05) is 57.4 Å². The summed E-state index contributed by atoms with van der Waals surface area (Å²) in [6.07, 6.45) is 3.48.